The predicted octanol–water partition coefficient (Wildman–Crippen LogP) is 2.86. The van der Waals surface area contributed by atoms with E-state index in [9.17, 15) is 4.79 Å². The Labute approximate surface area is 144 Å². The van der Waals surface area contributed by atoms with Crippen LogP contribution in [0.3, 0.4) is 0 Å². The second kappa shape index (κ2) is 7.24. The summed E-state index contributed by atoms with van der Waals surface area (Å²) in [4.78, 5) is 17.5. The Balaban J connectivity index is 1.30. The molecule has 0 aliphatic carbocycles. The van der Waals surface area contributed by atoms with Crippen molar-refractivity contribution in [3.63, 3.8) is 0 Å². The first-order valence-corrected chi connectivity index (χ1v) is 9.54. The van der Waals surface area contributed by atoms with Crippen LogP contribution in [0.5, 0.6) is 0 Å². The van der Waals surface area contributed by atoms with Gasteiger partial charge in [-0.15, -0.1) is 0 Å². The number of para-hydroxylation sites is 1. The average Bonchev–Trinajstić information content (AvgIpc) is 3.07. The molecule has 1 amide bonds. The molecule has 0 saturated carbocycles. The molecule has 2 fully saturated rings. The van der Waals surface area contributed by atoms with Gasteiger partial charge in [0.15, 0.2) is 0 Å². The van der Waals surface area contributed by atoms with Crippen molar-refractivity contribution in [1.82, 2.24) is 4.90 Å². The smallest absolute Gasteiger partial charge is 0.230 e. The molecule has 130 valence electrons. The number of hydrogen-bond acceptors (Lipinski definition) is 3. The summed E-state index contributed by atoms with van der Waals surface area (Å²) in [7, 11) is 0. The van der Waals surface area contributed by atoms with E-state index in [4.69, 9.17) is 4.74 Å². The largest absolute Gasteiger partial charge is 0.377 e. The maximum atomic E-state index is 12.9. The van der Waals surface area contributed by atoms with Crippen molar-refractivity contribution in [2.45, 2.75) is 44.6 Å². The molecule has 0 spiro atoms. The van der Waals surface area contributed by atoms with Crippen molar-refractivity contribution in [2.24, 2.45) is 5.92 Å². The van der Waals surface area contributed by atoms with Gasteiger partial charge >= 0.3 is 0 Å². The number of carbonyl (C=O) groups is 1. The lowest BCUT2D eigenvalue weighted by atomic mass is 9.94. The van der Waals surface area contributed by atoms with Crippen LogP contribution in [0.15, 0.2) is 24.3 Å². The maximum absolute atomic E-state index is 12.9. The summed E-state index contributed by atoms with van der Waals surface area (Å²) in [5.74, 6) is 0.535. The highest BCUT2D eigenvalue weighted by atomic mass is 16.5. The Morgan fingerprint density at radius 2 is 1.92 bits per heavy atom. The number of benzene rings is 1. The van der Waals surface area contributed by atoms with E-state index in [-0.39, 0.29) is 5.92 Å². The normalized spacial score (nSPS) is 25.7. The summed E-state index contributed by atoms with van der Waals surface area (Å²) in [6.45, 7) is 4.90. The first kappa shape index (κ1) is 16.1. The number of hydrogen-bond donors (Lipinski definition) is 0. The van der Waals surface area contributed by atoms with E-state index in [2.05, 4.69) is 23.1 Å². The van der Waals surface area contributed by atoms with Crippen LogP contribution in [0, 0.1) is 5.92 Å². The van der Waals surface area contributed by atoms with Gasteiger partial charge in [-0.1, -0.05) is 18.2 Å². The van der Waals surface area contributed by atoms with E-state index in [1.807, 2.05) is 11.0 Å². The summed E-state index contributed by atoms with van der Waals surface area (Å²) in [6, 6.07) is 8.35. The van der Waals surface area contributed by atoms with Crippen molar-refractivity contribution in [1.29, 1.82) is 0 Å². The third-order valence-electron chi connectivity index (χ3n) is 5.83. The predicted molar refractivity (Wildman–Crippen MR) is 95.3 cm³/mol. The molecule has 3 aliphatic heterocycles. The van der Waals surface area contributed by atoms with Crippen LogP contribution >= 0.6 is 0 Å². The molecule has 0 radical (unpaired) electrons. The molecule has 0 aromatic heterocycles. The lowest BCUT2D eigenvalue weighted by molar-refractivity contribution is -0.123. The minimum Gasteiger partial charge on any atom is -0.377 e. The maximum Gasteiger partial charge on any atom is 0.230 e. The average molecular weight is 328 g/mol. The molecule has 1 unspecified atom stereocenters. The van der Waals surface area contributed by atoms with E-state index in [0.717, 1.165) is 57.7 Å². The van der Waals surface area contributed by atoms with Crippen molar-refractivity contribution < 1.29 is 9.53 Å². The molecular weight excluding hydrogens is 300 g/mol. The van der Waals surface area contributed by atoms with Crippen LogP contribution in [0.4, 0.5) is 5.69 Å². The summed E-state index contributed by atoms with van der Waals surface area (Å²) >= 11 is 0. The highest BCUT2D eigenvalue weighted by Gasteiger charge is 2.32. The Hall–Kier alpha value is -1.39. The molecule has 3 heterocycles. The van der Waals surface area contributed by atoms with E-state index < -0.39 is 0 Å². The van der Waals surface area contributed by atoms with Crippen molar-refractivity contribution in [3.8, 4) is 0 Å². The summed E-state index contributed by atoms with van der Waals surface area (Å²) in [5, 5.41) is 0. The van der Waals surface area contributed by atoms with Crippen LogP contribution in [-0.2, 0) is 16.0 Å². The van der Waals surface area contributed by atoms with Gasteiger partial charge < -0.3 is 14.5 Å². The Bertz CT molecular complexity index is 575. The molecule has 24 heavy (non-hydrogen) atoms. The number of fused-ring (bicyclic) bond motifs is 1. The van der Waals surface area contributed by atoms with Crippen LogP contribution < -0.4 is 4.90 Å². The van der Waals surface area contributed by atoms with Crippen LogP contribution in [0.25, 0.3) is 0 Å². The van der Waals surface area contributed by atoms with Gasteiger partial charge in [-0.2, -0.15) is 0 Å². The summed E-state index contributed by atoms with van der Waals surface area (Å²) < 4.78 is 5.86. The summed E-state index contributed by atoms with van der Waals surface area (Å²) in [5.41, 5.74) is 2.46. The molecule has 0 bridgehead atoms. The van der Waals surface area contributed by atoms with E-state index >= 15 is 0 Å². The van der Waals surface area contributed by atoms with Gasteiger partial charge in [0, 0.05) is 31.3 Å². The lowest BCUT2D eigenvalue weighted by Gasteiger charge is -2.36. The van der Waals surface area contributed by atoms with Crippen LogP contribution in [-0.4, -0.2) is 49.7 Å². The molecule has 1 aromatic carbocycles. The van der Waals surface area contributed by atoms with E-state index in [0.29, 0.717) is 12.0 Å². The number of anilines is 1. The summed E-state index contributed by atoms with van der Waals surface area (Å²) in [6.07, 6.45) is 7.10. The van der Waals surface area contributed by atoms with Crippen molar-refractivity contribution >= 4 is 11.6 Å². The van der Waals surface area contributed by atoms with Crippen LogP contribution in [0.1, 0.15) is 37.7 Å². The SMILES string of the molecule is O=C(C1CCN(CC2CCCCO2)CC1)N1CCc2ccccc21. The van der Waals surface area contributed by atoms with Gasteiger partial charge in [0.05, 0.1) is 6.10 Å². The highest BCUT2D eigenvalue weighted by Crippen LogP contribution is 2.31. The van der Waals surface area contributed by atoms with Crippen molar-refractivity contribution in [2.75, 3.05) is 37.7 Å². The Morgan fingerprint density at radius 1 is 1.08 bits per heavy atom. The number of carbonyl (C=O) groups excluding carboxylic acids is 1. The number of ether oxygens (including phenoxy) is 1. The minimum atomic E-state index is 0.194. The second-order valence-electron chi connectivity index (χ2n) is 7.43. The zero-order chi connectivity index (χ0) is 16.4. The minimum absolute atomic E-state index is 0.194. The molecule has 1 aromatic rings. The third kappa shape index (κ3) is 3.35. The monoisotopic (exact) mass is 328 g/mol. The molecule has 4 nitrogen and oxygen atoms in total. The van der Waals surface area contributed by atoms with Crippen LogP contribution in [0.2, 0.25) is 0 Å². The fraction of sp³-hybridized carbons (Fsp3) is 0.650. The number of likely N-dealkylation sites (tertiary alicyclic amines) is 1. The second-order valence-corrected chi connectivity index (χ2v) is 7.43. The van der Waals surface area contributed by atoms with Gasteiger partial charge in [0.25, 0.3) is 0 Å². The van der Waals surface area contributed by atoms with E-state index in [1.54, 1.807) is 0 Å². The number of amides is 1. The molecular formula is C20H28N2O2. The number of piperidine rings is 1. The topological polar surface area (TPSA) is 32.8 Å². The van der Waals surface area contributed by atoms with Gasteiger partial charge in [-0.05, 0) is 63.2 Å². The Morgan fingerprint density at radius 3 is 2.71 bits per heavy atom. The zero-order valence-corrected chi connectivity index (χ0v) is 14.5. The molecule has 3 aliphatic rings. The fourth-order valence-corrected chi connectivity index (χ4v) is 4.39. The van der Waals surface area contributed by atoms with E-state index in [1.165, 1.54) is 24.8 Å². The first-order chi connectivity index (χ1) is 11.8. The Kier molecular flexibility index (Phi) is 4.86. The molecule has 2 saturated heterocycles. The highest BCUT2D eigenvalue weighted by molar-refractivity contribution is 5.97. The third-order valence-corrected chi connectivity index (χ3v) is 5.83. The molecule has 0 N–H and O–H groups in total. The number of rotatable bonds is 3. The first-order valence-electron chi connectivity index (χ1n) is 9.54. The standard InChI is InChI=1S/C20H28N2O2/c23-20(22-13-10-16-5-1-2-7-19(16)22)17-8-11-21(12-9-17)15-18-6-3-4-14-24-18/h1-2,5,7,17-18H,3-4,6,8-15H2. The number of nitrogens with zero attached hydrogens (tertiary/aromatic N) is 2. The van der Waals surface area contributed by atoms with Gasteiger partial charge in [-0.3, -0.25) is 4.79 Å². The zero-order valence-electron chi connectivity index (χ0n) is 14.5. The molecule has 4 rings (SSSR count). The molecule has 1 atom stereocenters. The lowest BCUT2D eigenvalue weighted by Crippen LogP contribution is -2.45. The fourth-order valence-electron chi connectivity index (χ4n) is 4.39. The van der Waals surface area contributed by atoms with Gasteiger partial charge in [0.1, 0.15) is 0 Å². The van der Waals surface area contributed by atoms with Crippen molar-refractivity contribution in [3.05, 3.63) is 29.8 Å². The van der Waals surface area contributed by atoms with Gasteiger partial charge in [-0.25, -0.2) is 0 Å². The quantitative estimate of drug-likeness (QED) is 0.855. The van der Waals surface area contributed by atoms with Gasteiger partial charge in [0.2, 0.25) is 5.91 Å². The molecule has 4 heteroatoms.